The van der Waals surface area contributed by atoms with E-state index in [4.69, 9.17) is 0 Å². The molecule has 3 heteroatoms. The van der Waals surface area contributed by atoms with Crippen molar-refractivity contribution in [1.29, 1.82) is 0 Å². The Morgan fingerprint density at radius 1 is 1.21 bits per heavy atom. The van der Waals surface area contributed by atoms with Crippen LogP contribution in [-0.2, 0) is 7.05 Å². The van der Waals surface area contributed by atoms with Crippen LogP contribution >= 0.6 is 0 Å². The van der Waals surface area contributed by atoms with Crippen molar-refractivity contribution in [3.63, 3.8) is 0 Å². The number of carbonyl (C=O) groups excluding carboxylic acids is 1. The van der Waals surface area contributed by atoms with E-state index in [9.17, 15) is 4.79 Å². The smallest absolute Gasteiger partial charge is 0.198 e. The monoisotopic (exact) mass is 256 g/mol. The van der Waals surface area contributed by atoms with Crippen LogP contribution in [0, 0.1) is 13.8 Å². The van der Waals surface area contributed by atoms with Crippen LogP contribution in [0.1, 0.15) is 21.6 Å². The van der Waals surface area contributed by atoms with Gasteiger partial charge in [-0.05, 0) is 49.2 Å². The highest BCUT2D eigenvalue weighted by atomic mass is 16.1. The van der Waals surface area contributed by atoms with E-state index in [0.717, 1.165) is 11.4 Å². The van der Waals surface area contributed by atoms with Gasteiger partial charge in [0.1, 0.15) is 0 Å². The molecule has 0 saturated carbocycles. The third kappa shape index (κ3) is 3.05. The molecule has 0 aliphatic rings. The van der Waals surface area contributed by atoms with E-state index in [1.54, 1.807) is 0 Å². The molecule has 2 aromatic rings. The topological polar surface area (TPSA) is 25.2 Å². The summed E-state index contributed by atoms with van der Waals surface area (Å²) in [5, 5.41) is 0. The van der Waals surface area contributed by atoms with Crippen LogP contribution in [0.2, 0.25) is 0 Å². The molecular formula is C16H20N2O. The van der Waals surface area contributed by atoms with Crippen molar-refractivity contribution < 1.29 is 4.79 Å². The maximum Gasteiger partial charge on any atom is 0.198 e. The fourth-order valence-electron chi connectivity index (χ4n) is 2.31. The van der Waals surface area contributed by atoms with E-state index in [-0.39, 0.29) is 5.78 Å². The fourth-order valence-corrected chi connectivity index (χ4v) is 2.31. The number of hydrogen-bond donors (Lipinski definition) is 0. The Kier molecular flexibility index (Phi) is 3.74. The number of rotatable bonds is 4. The van der Waals surface area contributed by atoms with E-state index in [0.29, 0.717) is 6.54 Å². The van der Waals surface area contributed by atoms with Gasteiger partial charge in [0, 0.05) is 26.0 Å². The number of ketones is 1. The summed E-state index contributed by atoms with van der Waals surface area (Å²) in [6, 6.07) is 10.1. The lowest BCUT2D eigenvalue weighted by Crippen LogP contribution is -2.26. The van der Waals surface area contributed by atoms with Gasteiger partial charge in [-0.25, -0.2) is 0 Å². The average Bonchev–Trinajstić information content (AvgIpc) is 2.74. The summed E-state index contributed by atoms with van der Waals surface area (Å²) in [6.07, 6.45) is 1.89. The number of likely N-dealkylation sites (N-methyl/N-ethyl adjacent to an activating group) is 1. The number of benzene rings is 1. The highest BCUT2D eigenvalue weighted by Crippen LogP contribution is 2.18. The van der Waals surface area contributed by atoms with Crippen LogP contribution in [0.25, 0.3) is 0 Å². The van der Waals surface area contributed by atoms with Crippen LogP contribution in [0.5, 0.6) is 0 Å². The highest BCUT2D eigenvalue weighted by molar-refractivity contribution is 5.97. The van der Waals surface area contributed by atoms with Gasteiger partial charge in [-0.3, -0.25) is 4.79 Å². The summed E-state index contributed by atoms with van der Waals surface area (Å²) < 4.78 is 1.86. The minimum absolute atomic E-state index is 0.133. The van der Waals surface area contributed by atoms with Gasteiger partial charge in [-0.15, -0.1) is 0 Å². The van der Waals surface area contributed by atoms with Crippen LogP contribution in [-0.4, -0.2) is 23.9 Å². The molecule has 0 aliphatic heterocycles. The molecule has 0 bridgehead atoms. The zero-order chi connectivity index (χ0) is 14.0. The Balaban J connectivity index is 2.15. The quantitative estimate of drug-likeness (QED) is 0.786. The first-order valence-electron chi connectivity index (χ1n) is 6.41. The number of aryl methyl sites for hydroxylation is 3. The fraction of sp³-hybridized carbons (Fsp3) is 0.312. The summed E-state index contributed by atoms with van der Waals surface area (Å²) in [7, 11) is 3.85. The van der Waals surface area contributed by atoms with Crippen molar-refractivity contribution in [2.24, 2.45) is 7.05 Å². The molecule has 0 fully saturated rings. The number of Topliss-reactive ketones (excluding diaryl/α,β-unsaturated/α-hetero) is 1. The van der Waals surface area contributed by atoms with E-state index in [1.807, 2.05) is 41.9 Å². The third-order valence-electron chi connectivity index (χ3n) is 3.26. The van der Waals surface area contributed by atoms with E-state index >= 15 is 0 Å². The predicted octanol–water partition coefficient (Wildman–Crippen LogP) is 2.96. The lowest BCUT2D eigenvalue weighted by atomic mass is 10.1. The maximum atomic E-state index is 12.2. The largest absolute Gasteiger partial charge is 0.367 e. The molecule has 0 aliphatic carbocycles. The van der Waals surface area contributed by atoms with Gasteiger partial charge in [0.2, 0.25) is 0 Å². The second-order valence-electron chi connectivity index (χ2n) is 5.13. The number of anilines is 1. The van der Waals surface area contributed by atoms with Crippen molar-refractivity contribution in [2.75, 3.05) is 18.5 Å². The molecule has 1 aromatic carbocycles. The van der Waals surface area contributed by atoms with Crippen molar-refractivity contribution in [2.45, 2.75) is 13.8 Å². The van der Waals surface area contributed by atoms with Gasteiger partial charge in [0.15, 0.2) is 5.78 Å². The van der Waals surface area contributed by atoms with Crippen molar-refractivity contribution in [3.05, 3.63) is 53.3 Å². The zero-order valence-electron chi connectivity index (χ0n) is 12.0. The number of hydrogen-bond acceptors (Lipinski definition) is 2. The molecule has 0 N–H and O–H groups in total. The van der Waals surface area contributed by atoms with Gasteiger partial charge in [-0.1, -0.05) is 6.07 Å². The minimum atomic E-state index is 0.133. The van der Waals surface area contributed by atoms with E-state index in [2.05, 4.69) is 32.0 Å². The predicted molar refractivity (Wildman–Crippen MR) is 78.9 cm³/mol. The van der Waals surface area contributed by atoms with Crippen molar-refractivity contribution in [3.8, 4) is 0 Å². The van der Waals surface area contributed by atoms with Crippen molar-refractivity contribution >= 4 is 11.5 Å². The average molecular weight is 256 g/mol. The lowest BCUT2D eigenvalue weighted by molar-refractivity contribution is 0.0992. The van der Waals surface area contributed by atoms with Crippen LogP contribution in [0.15, 0.2) is 36.5 Å². The summed E-state index contributed by atoms with van der Waals surface area (Å²) in [5.41, 5.74) is 4.26. The first-order chi connectivity index (χ1) is 8.97. The second kappa shape index (κ2) is 5.31. The zero-order valence-corrected chi connectivity index (χ0v) is 12.0. The van der Waals surface area contributed by atoms with Crippen molar-refractivity contribution in [1.82, 2.24) is 4.57 Å². The molecule has 19 heavy (non-hydrogen) atoms. The molecule has 0 saturated heterocycles. The molecule has 0 unspecified atom stereocenters. The summed E-state index contributed by atoms with van der Waals surface area (Å²) >= 11 is 0. The number of aromatic nitrogens is 1. The van der Waals surface area contributed by atoms with E-state index < -0.39 is 0 Å². The first-order valence-corrected chi connectivity index (χ1v) is 6.41. The van der Waals surface area contributed by atoms with Gasteiger partial charge in [0.25, 0.3) is 0 Å². The minimum Gasteiger partial charge on any atom is -0.367 e. The van der Waals surface area contributed by atoms with Gasteiger partial charge in [-0.2, -0.15) is 0 Å². The first kappa shape index (κ1) is 13.4. The Hall–Kier alpha value is -2.03. The Morgan fingerprint density at radius 3 is 2.37 bits per heavy atom. The number of carbonyl (C=O) groups is 1. The van der Waals surface area contributed by atoms with Gasteiger partial charge in [0.05, 0.1) is 12.2 Å². The molecule has 1 aromatic heterocycles. The molecule has 2 rings (SSSR count). The van der Waals surface area contributed by atoms with E-state index in [1.165, 1.54) is 11.1 Å². The van der Waals surface area contributed by atoms with Crippen LogP contribution < -0.4 is 4.90 Å². The molecule has 3 nitrogen and oxygen atoms in total. The SMILES string of the molecule is Cc1cc(C)cc(N(C)CC(=O)c2cccn2C)c1. The molecule has 0 radical (unpaired) electrons. The molecule has 1 heterocycles. The standard InChI is InChI=1S/C16H20N2O/c1-12-8-13(2)10-14(9-12)18(4)11-16(19)15-6-5-7-17(15)3/h5-10H,11H2,1-4H3. The maximum absolute atomic E-state index is 12.2. The molecular weight excluding hydrogens is 236 g/mol. The molecule has 100 valence electrons. The molecule has 0 amide bonds. The summed E-state index contributed by atoms with van der Waals surface area (Å²) in [4.78, 5) is 14.2. The normalized spacial score (nSPS) is 10.5. The van der Waals surface area contributed by atoms with Gasteiger partial charge >= 0.3 is 0 Å². The Morgan fingerprint density at radius 2 is 1.84 bits per heavy atom. The highest BCUT2D eigenvalue weighted by Gasteiger charge is 2.12. The molecule has 0 spiro atoms. The second-order valence-corrected chi connectivity index (χ2v) is 5.13. The Labute approximate surface area is 114 Å². The summed E-state index contributed by atoms with van der Waals surface area (Å²) in [6.45, 7) is 4.54. The molecule has 0 atom stereocenters. The lowest BCUT2D eigenvalue weighted by Gasteiger charge is -2.19. The Bertz CT molecular complexity index is 578. The van der Waals surface area contributed by atoms with Crippen LogP contribution in [0.3, 0.4) is 0 Å². The third-order valence-corrected chi connectivity index (χ3v) is 3.26. The summed E-state index contributed by atoms with van der Waals surface area (Å²) in [5.74, 6) is 0.133. The van der Waals surface area contributed by atoms with Gasteiger partial charge < -0.3 is 9.47 Å². The van der Waals surface area contributed by atoms with Crippen LogP contribution in [0.4, 0.5) is 5.69 Å². The number of nitrogens with zero attached hydrogens (tertiary/aromatic N) is 2.